The summed E-state index contributed by atoms with van der Waals surface area (Å²) in [5.74, 6) is -0.000718. The van der Waals surface area contributed by atoms with E-state index in [0.29, 0.717) is 29.2 Å². The predicted molar refractivity (Wildman–Crippen MR) is 169 cm³/mol. The van der Waals surface area contributed by atoms with Gasteiger partial charge in [0, 0.05) is 23.1 Å². The lowest BCUT2D eigenvalue weighted by atomic mass is 9.96. The average Bonchev–Trinajstić information content (AvgIpc) is 3.63. The number of nitrogens with zero attached hydrogens (tertiary/aromatic N) is 5. The molecule has 1 atom stereocenters. The van der Waals surface area contributed by atoms with Crippen molar-refractivity contribution in [2.45, 2.75) is 59.2 Å². The molecule has 3 aromatic carbocycles. The maximum absolute atomic E-state index is 14.0. The Morgan fingerprint density at radius 3 is 2.41 bits per heavy atom. The minimum Gasteiger partial charge on any atom is -0.406 e. The van der Waals surface area contributed by atoms with Crippen LogP contribution >= 0.6 is 11.3 Å². The molecule has 5 rings (SSSR count). The topological polar surface area (TPSA) is 74.3 Å². The number of hydrogen-bond donors (Lipinski definition) is 0. The lowest BCUT2D eigenvalue weighted by Crippen LogP contribution is -2.18. The quantitative estimate of drug-likeness (QED) is 0.142. The molecule has 0 fully saturated rings. The first-order valence-electron chi connectivity index (χ1n) is 14.8. The first kappa shape index (κ1) is 32.8. The first-order valence-corrected chi connectivity index (χ1v) is 15.7. The number of benzene rings is 3. The number of carbonyl (C=O) groups is 1. The molecular weight excluding hydrogens is 618 g/mol. The van der Waals surface area contributed by atoms with Gasteiger partial charge >= 0.3 is 6.36 Å². The second kappa shape index (κ2) is 13.8. The number of halogens is 4. The molecule has 5 aromatic rings. The van der Waals surface area contributed by atoms with Gasteiger partial charge in [0.25, 0.3) is 0 Å². The van der Waals surface area contributed by atoms with Gasteiger partial charge in [-0.25, -0.2) is 14.1 Å². The molecule has 46 heavy (non-hydrogen) atoms. The van der Waals surface area contributed by atoms with E-state index in [9.17, 15) is 22.4 Å². The maximum Gasteiger partial charge on any atom is 0.573 e. The molecule has 1 amide bonds. The zero-order valence-electron chi connectivity index (χ0n) is 25.8. The van der Waals surface area contributed by atoms with Crippen molar-refractivity contribution in [3.63, 3.8) is 0 Å². The number of alkyl halides is 3. The third kappa shape index (κ3) is 8.16. The van der Waals surface area contributed by atoms with E-state index in [2.05, 4.69) is 26.7 Å². The number of hydrogen-bond acceptors (Lipinski definition) is 5. The SMILES string of the molecule is Cc1csc(=NC(=O)CCC(C)Cc2ccc(-c3ncn(-c4ccc(OC(F)(F)F)cc4)n3)cc2)n1-c1ccc(F)cc1C(C)C. The second-order valence-electron chi connectivity index (χ2n) is 11.5. The van der Waals surface area contributed by atoms with Crippen LogP contribution in [-0.4, -0.2) is 31.6 Å². The van der Waals surface area contributed by atoms with Crippen molar-refractivity contribution in [3.05, 3.63) is 106 Å². The predicted octanol–water partition coefficient (Wildman–Crippen LogP) is 8.34. The van der Waals surface area contributed by atoms with Crippen molar-refractivity contribution in [1.29, 1.82) is 0 Å². The molecule has 2 heterocycles. The first-order chi connectivity index (χ1) is 21.9. The molecule has 1 unspecified atom stereocenters. The fourth-order valence-electron chi connectivity index (χ4n) is 5.10. The Balaban J connectivity index is 1.18. The smallest absolute Gasteiger partial charge is 0.406 e. The van der Waals surface area contributed by atoms with E-state index < -0.39 is 6.36 Å². The summed E-state index contributed by atoms with van der Waals surface area (Å²) in [4.78, 5) is 22.2. The van der Waals surface area contributed by atoms with E-state index >= 15 is 0 Å². The van der Waals surface area contributed by atoms with E-state index in [-0.39, 0.29) is 29.3 Å². The van der Waals surface area contributed by atoms with E-state index in [0.717, 1.165) is 34.5 Å². The largest absolute Gasteiger partial charge is 0.573 e. The van der Waals surface area contributed by atoms with Crippen LogP contribution in [0.4, 0.5) is 17.6 Å². The molecule has 0 aliphatic heterocycles. The normalized spacial score (nSPS) is 12.9. The van der Waals surface area contributed by atoms with Crippen LogP contribution in [0.2, 0.25) is 0 Å². The Morgan fingerprint density at radius 2 is 1.74 bits per heavy atom. The van der Waals surface area contributed by atoms with Crippen molar-refractivity contribution in [1.82, 2.24) is 19.3 Å². The van der Waals surface area contributed by atoms with Gasteiger partial charge in [0.15, 0.2) is 10.6 Å². The van der Waals surface area contributed by atoms with E-state index in [1.54, 1.807) is 6.07 Å². The lowest BCUT2D eigenvalue weighted by Gasteiger charge is -2.15. The summed E-state index contributed by atoms with van der Waals surface area (Å²) in [7, 11) is 0. The molecule has 0 saturated carbocycles. The fourth-order valence-corrected chi connectivity index (χ4v) is 5.99. The number of ether oxygens (including phenoxy) is 1. The molecule has 0 radical (unpaired) electrons. The van der Waals surface area contributed by atoms with Crippen LogP contribution in [0.1, 0.15) is 56.4 Å². The van der Waals surface area contributed by atoms with Gasteiger partial charge in [-0.3, -0.25) is 9.36 Å². The summed E-state index contributed by atoms with van der Waals surface area (Å²) in [6.45, 7) is 8.06. The van der Waals surface area contributed by atoms with E-state index in [1.807, 2.05) is 55.0 Å². The fraction of sp³-hybridized carbons (Fsp3) is 0.294. The summed E-state index contributed by atoms with van der Waals surface area (Å²) < 4.78 is 58.6. The summed E-state index contributed by atoms with van der Waals surface area (Å²) in [5, 5.41) is 6.39. The molecule has 0 N–H and O–H groups in total. The minimum atomic E-state index is -4.75. The second-order valence-corrected chi connectivity index (χ2v) is 12.3. The highest BCUT2D eigenvalue weighted by molar-refractivity contribution is 7.07. The van der Waals surface area contributed by atoms with Gasteiger partial charge in [-0.05, 0) is 85.2 Å². The van der Waals surface area contributed by atoms with Gasteiger partial charge < -0.3 is 4.74 Å². The zero-order chi connectivity index (χ0) is 33.0. The molecule has 0 saturated heterocycles. The highest BCUT2D eigenvalue weighted by atomic mass is 32.1. The summed E-state index contributed by atoms with van der Waals surface area (Å²) in [5.41, 5.74) is 5.05. The lowest BCUT2D eigenvalue weighted by molar-refractivity contribution is -0.274. The molecular formula is C34H33F4N5O2S. The highest BCUT2D eigenvalue weighted by Crippen LogP contribution is 2.26. The zero-order valence-corrected chi connectivity index (χ0v) is 26.6. The summed E-state index contributed by atoms with van der Waals surface area (Å²) in [6.07, 6.45) is -1.51. The molecule has 2 aromatic heterocycles. The highest BCUT2D eigenvalue weighted by Gasteiger charge is 2.31. The molecule has 7 nitrogen and oxygen atoms in total. The van der Waals surface area contributed by atoms with Crippen LogP contribution in [0.15, 0.2) is 83.4 Å². The summed E-state index contributed by atoms with van der Waals surface area (Å²) >= 11 is 1.39. The van der Waals surface area contributed by atoms with Crippen molar-refractivity contribution < 1.29 is 27.1 Å². The third-order valence-corrected chi connectivity index (χ3v) is 8.37. The number of carbonyl (C=O) groups excluding carboxylic acids is 1. The van der Waals surface area contributed by atoms with Crippen LogP contribution in [0, 0.1) is 18.7 Å². The standard InChI is InChI=1S/C34H33F4N5O2S/c1-21(2)29-18-26(35)10-15-30(29)43-23(4)19-46-33(43)40-31(44)16-5-22(3)17-24-6-8-25(9-7-24)32-39-20-42(41-32)27-11-13-28(14-12-27)45-34(36,37)38/h6-15,18-22H,5,16-17H2,1-4H3. The number of aromatic nitrogens is 4. The Morgan fingerprint density at radius 1 is 1.02 bits per heavy atom. The van der Waals surface area contributed by atoms with Crippen LogP contribution in [-0.2, 0) is 11.2 Å². The number of rotatable bonds is 10. The van der Waals surface area contributed by atoms with Gasteiger partial charge in [-0.1, -0.05) is 45.0 Å². The van der Waals surface area contributed by atoms with Gasteiger partial charge in [-0.2, -0.15) is 4.99 Å². The molecule has 240 valence electrons. The van der Waals surface area contributed by atoms with Crippen LogP contribution < -0.4 is 9.54 Å². The minimum absolute atomic E-state index is 0.0979. The van der Waals surface area contributed by atoms with Crippen molar-refractivity contribution >= 4 is 17.2 Å². The van der Waals surface area contributed by atoms with Crippen molar-refractivity contribution in [2.24, 2.45) is 10.9 Å². The molecule has 0 aliphatic rings. The Hall–Kier alpha value is -4.58. The molecule has 0 spiro atoms. The van der Waals surface area contributed by atoms with Gasteiger partial charge in [0.1, 0.15) is 17.9 Å². The van der Waals surface area contributed by atoms with E-state index in [1.165, 1.54) is 58.7 Å². The maximum atomic E-state index is 14.0. The molecule has 12 heteroatoms. The summed E-state index contributed by atoms with van der Waals surface area (Å²) in [6, 6.07) is 17.9. The van der Waals surface area contributed by atoms with Crippen molar-refractivity contribution in [3.8, 4) is 28.5 Å². The molecule has 0 bridgehead atoms. The van der Waals surface area contributed by atoms with E-state index in [4.69, 9.17) is 0 Å². The number of aryl methyl sites for hydroxylation is 1. The van der Waals surface area contributed by atoms with Gasteiger partial charge in [0.05, 0.1) is 11.4 Å². The average molecular weight is 652 g/mol. The number of thiazole rings is 1. The van der Waals surface area contributed by atoms with Gasteiger partial charge in [0.2, 0.25) is 5.91 Å². The molecule has 0 aliphatic carbocycles. The Bertz CT molecular complexity index is 1870. The Kier molecular flexibility index (Phi) is 9.85. The Labute approximate surface area is 267 Å². The number of amides is 1. The van der Waals surface area contributed by atoms with Crippen LogP contribution in [0.5, 0.6) is 5.75 Å². The van der Waals surface area contributed by atoms with Gasteiger partial charge in [-0.15, -0.1) is 29.6 Å². The van der Waals surface area contributed by atoms with Crippen LogP contribution in [0.3, 0.4) is 0 Å². The third-order valence-electron chi connectivity index (χ3n) is 7.43. The van der Waals surface area contributed by atoms with Crippen LogP contribution in [0.25, 0.3) is 22.8 Å². The monoisotopic (exact) mass is 651 g/mol. The van der Waals surface area contributed by atoms with Crippen molar-refractivity contribution in [2.75, 3.05) is 0 Å².